The van der Waals surface area contributed by atoms with Crippen molar-refractivity contribution in [1.29, 1.82) is 0 Å². The standard InChI is InChI=1S/C15H23N3O2/c1-15(2,3)20-14(19)18-10-6-8-12(18)11-7-5-9-17-13(11)16-4/h5,7,9,12H,6,8,10H2,1-4H3,(H,16,17)/t12-/m1/s1. The summed E-state index contributed by atoms with van der Waals surface area (Å²) in [5.74, 6) is 0.827. The van der Waals surface area contributed by atoms with E-state index in [1.54, 1.807) is 6.20 Å². The maximum absolute atomic E-state index is 12.3. The van der Waals surface area contributed by atoms with Crippen molar-refractivity contribution in [2.75, 3.05) is 18.9 Å². The Hall–Kier alpha value is -1.78. The molecule has 1 N–H and O–H groups in total. The summed E-state index contributed by atoms with van der Waals surface area (Å²) in [6, 6.07) is 3.97. The lowest BCUT2D eigenvalue weighted by Gasteiger charge is -2.29. The third kappa shape index (κ3) is 3.21. The molecule has 0 radical (unpaired) electrons. The third-order valence-corrected chi connectivity index (χ3v) is 3.32. The van der Waals surface area contributed by atoms with Crippen LogP contribution in [-0.4, -0.2) is 35.2 Å². The molecular formula is C15H23N3O2. The summed E-state index contributed by atoms with van der Waals surface area (Å²) in [5, 5.41) is 3.09. The van der Waals surface area contributed by atoms with Crippen LogP contribution in [0.1, 0.15) is 45.2 Å². The van der Waals surface area contributed by atoms with Crippen LogP contribution < -0.4 is 5.32 Å². The van der Waals surface area contributed by atoms with Gasteiger partial charge in [0.1, 0.15) is 11.4 Å². The molecule has 1 fully saturated rings. The highest BCUT2D eigenvalue weighted by Crippen LogP contribution is 2.35. The second-order valence-corrected chi connectivity index (χ2v) is 6.02. The lowest BCUT2D eigenvalue weighted by Crippen LogP contribution is -2.36. The number of pyridine rings is 1. The number of amides is 1. The predicted octanol–water partition coefficient (Wildman–Crippen LogP) is 3.20. The molecule has 5 heteroatoms. The topological polar surface area (TPSA) is 54.5 Å². The Morgan fingerprint density at radius 3 is 2.90 bits per heavy atom. The van der Waals surface area contributed by atoms with E-state index in [1.807, 2.05) is 44.9 Å². The van der Waals surface area contributed by atoms with Gasteiger partial charge in [0, 0.05) is 25.4 Å². The average Bonchev–Trinajstić information content (AvgIpc) is 2.85. The molecule has 1 saturated heterocycles. The molecule has 1 aromatic heterocycles. The third-order valence-electron chi connectivity index (χ3n) is 3.32. The fraction of sp³-hybridized carbons (Fsp3) is 0.600. The molecule has 1 aliphatic heterocycles. The summed E-state index contributed by atoms with van der Waals surface area (Å²) in [7, 11) is 1.85. The summed E-state index contributed by atoms with van der Waals surface area (Å²) in [4.78, 5) is 18.4. The lowest BCUT2D eigenvalue weighted by molar-refractivity contribution is 0.0225. The quantitative estimate of drug-likeness (QED) is 0.902. The number of nitrogens with zero attached hydrogens (tertiary/aromatic N) is 2. The second-order valence-electron chi connectivity index (χ2n) is 6.02. The highest BCUT2D eigenvalue weighted by atomic mass is 16.6. The van der Waals surface area contributed by atoms with Crippen LogP contribution in [0.15, 0.2) is 18.3 Å². The zero-order valence-electron chi connectivity index (χ0n) is 12.6. The van der Waals surface area contributed by atoms with Crippen LogP contribution in [0.25, 0.3) is 0 Å². The van der Waals surface area contributed by atoms with Crippen LogP contribution in [0.5, 0.6) is 0 Å². The minimum Gasteiger partial charge on any atom is -0.444 e. The fourth-order valence-corrected chi connectivity index (χ4v) is 2.52. The maximum Gasteiger partial charge on any atom is 0.410 e. The van der Waals surface area contributed by atoms with Gasteiger partial charge in [0.05, 0.1) is 6.04 Å². The van der Waals surface area contributed by atoms with Gasteiger partial charge in [-0.1, -0.05) is 6.07 Å². The van der Waals surface area contributed by atoms with Crippen LogP contribution >= 0.6 is 0 Å². The van der Waals surface area contributed by atoms with E-state index in [0.29, 0.717) is 0 Å². The van der Waals surface area contributed by atoms with Crippen molar-refractivity contribution < 1.29 is 9.53 Å². The van der Waals surface area contributed by atoms with Crippen molar-refractivity contribution >= 4 is 11.9 Å². The van der Waals surface area contributed by atoms with Crippen LogP contribution in [0, 0.1) is 0 Å². The Morgan fingerprint density at radius 2 is 2.25 bits per heavy atom. The first-order valence-corrected chi connectivity index (χ1v) is 7.04. The van der Waals surface area contributed by atoms with Gasteiger partial charge in [-0.15, -0.1) is 0 Å². The minimum atomic E-state index is -0.467. The molecule has 0 aliphatic carbocycles. The molecule has 0 bridgehead atoms. The van der Waals surface area contributed by atoms with Crippen LogP contribution in [-0.2, 0) is 4.74 Å². The minimum absolute atomic E-state index is 0.0426. The van der Waals surface area contributed by atoms with Crippen molar-refractivity contribution in [3.63, 3.8) is 0 Å². The first kappa shape index (κ1) is 14.6. The zero-order chi connectivity index (χ0) is 14.8. The molecular weight excluding hydrogens is 254 g/mol. The molecule has 1 atom stereocenters. The van der Waals surface area contributed by atoms with Gasteiger partial charge in [0.15, 0.2) is 0 Å². The number of aromatic nitrogens is 1. The molecule has 1 aromatic rings. The van der Waals surface area contributed by atoms with Gasteiger partial charge in [-0.2, -0.15) is 0 Å². The number of carbonyl (C=O) groups is 1. The monoisotopic (exact) mass is 277 g/mol. The SMILES string of the molecule is CNc1ncccc1[C@H]1CCCN1C(=O)OC(C)(C)C. The Balaban J connectivity index is 2.21. The number of hydrogen-bond donors (Lipinski definition) is 1. The molecule has 0 aromatic carbocycles. The highest BCUT2D eigenvalue weighted by molar-refractivity contribution is 5.69. The molecule has 20 heavy (non-hydrogen) atoms. The van der Waals surface area contributed by atoms with E-state index in [4.69, 9.17) is 4.74 Å². The van der Waals surface area contributed by atoms with Gasteiger partial charge in [0.2, 0.25) is 0 Å². The van der Waals surface area contributed by atoms with Gasteiger partial charge in [-0.3, -0.25) is 0 Å². The Morgan fingerprint density at radius 1 is 1.50 bits per heavy atom. The molecule has 0 saturated carbocycles. The fourth-order valence-electron chi connectivity index (χ4n) is 2.52. The number of rotatable bonds is 2. The first-order valence-electron chi connectivity index (χ1n) is 7.04. The van der Waals surface area contributed by atoms with E-state index in [0.717, 1.165) is 30.8 Å². The molecule has 1 aliphatic rings. The van der Waals surface area contributed by atoms with Crippen molar-refractivity contribution in [2.24, 2.45) is 0 Å². The number of likely N-dealkylation sites (tertiary alicyclic amines) is 1. The number of hydrogen-bond acceptors (Lipinski definition) is 4. The van der Waals surface area contributed by atoms with Gasteiger partial charge in [-0.05, 0) is 39.7 Å². The smallest absolute Gasteiger partial charge is 0.410 e. The summed E-state index contributed by atoms with van der Waals surface area (Å²) < 4.78 is 5.49. The molecule has 2 rings (SSSR count). The van der Waals surface area contributed by atoms with E-state index in [-0.39, 0.29) is 12.1 Å². The highest BCUT2D eigenvalue weighted by Gasteiger charge is 2.34. The largest absolute Gasteiger partial charge is 0.444 e. The molecule has 0 spiro atoms. The number of nitrogens with one attached hydrogen (secondary N) is 1. The maximum atomic E-state index is 12.3. The molecule has 0 unspecified atom stereocenters. The van der Waals surface area contributed by atoms with Gasteiger partial charge >= 0.3 is 6.09 Å². The van der Waals surface area contributed by atoms with E-state index in [1.165, 1.54) is 0 Å². The first-order chi connectivity index (χ1) is 9.42. The van der Waals surface area contributed by atoms with Crippen LogP contribution in [0.4, 0.5) is 10.6 Å². The van der Waals surface area contributed by atoms with Gasteiger partial charge < -0.3 is 15.0 Å². The number of carbonyl (C=O) groups excluding carboxylic acids is 1. The summed E-state index contributed by atoms with van der Waals surface area (Å²) in [6.45, 7) is 6.40. The van der Waals surface area contributed by atoms with Crippen LogP contribution in [0.2, 0.25) is 0 Å². The van der Waals surface area contributed by atoms with E-state index >= 15 is 0 Å². The molecule has 110 valence electrons. The lowest BCUT2D eigenvalue weighted by atomic mass is 10.1. The predicted molar refractivity (Wildman–Crippen MR) is 78.7 cm³/mol. The number of anilines is 1. The Kier molecular flexibility index (Phi) is 4.16. The summed E-state index contributed by atoms with van der Waals surface area (Å²) in [6.07, 6.45) is 3.44. The second kappa shape index (κ2) is 5.69. The molecule has 1 amide bonds. The summed E-state index contributed by atoms with van der Waals surface area (Å²) >= 11 is 0. The van der Waals surface area contributed by atoms with E-state index in [2.05, 4.69) is 10.3 Å². The van der Waals surface area contributed by atoms with Crippen molar-refractivity contribution in [2.45, 2.75) is 45.3 Å². The van der Waals surface area contributed by atoms with Crippen LogP contribution in [0.3, 0.4) is 0 Å². The van der Waals surface area contributed by atoms with E-state index < -0.39 is 5.60 Å². The van der Waals surface area contributed by atoms with Gasteiger partial charge in [0.25, 0.3) is 0 Å². The van der Waals surface area contributed by atoms with Crippen molar-refractivity contribution in [1.82, 2.24) is 9.88 Å². The van der Waals surface area contributed by atoms with E-state index in [9.17, 15) is 4.79 Å². The normalized spacial score (nSPS) is 19.0. The molecule has 5 nitrogen and oxygen atoms in total. The zero-order valence-corrected chi connectivity index (χ0v) is 12.6. The Bertz CT molecular complexity index is 482. The Labute approximate surface area is 120 Å². The van der Waals surface area contributed by atoms with Crippen molar-refractivity contribution in [3.8, 4) is 0 Å². The summed E-state index contributed by atoms with van der Waals surface area (Å²) in [5.41, 5.74) is 0.587. The number of ether oxygens (including phenoxy) is 1. The average molecular weight is 277 g/mol. The van der Waals surface area contributed by atoms with Gasteiger partial charge in [-0.25, -0.2) is 9.78 Å². The van der Waals surface area contributed by atoms with Crippen molar-refractivity contribution in [3.05, 3.63) is 23.9 Å². The molecule has 2 heterocycles.